The Labute approximate surface area is 88.9 Å². The molecule has 1 N–H and O–H groups in total. The van der Waals surface area contributed by atoms with Gasteiger partial charge in [0, 0.05) is 24.4 Å². The number of hydrogen-bond acceptors (Lipinski definition) is 3. The molecule has 1 rings (SSSR count). The van der Waals surface area contributed by atoms with E-state index in [4.69, 9.17) is 9.84 Å². The molecule has 0 aliphatic heterocycles. The molecule has 15 heavy (non-hydrogen) atoms. The van der Waals surface area contributed by atoms with Crippen molar-refractivity contribution in [2.75, 3.05) is 0 Å². The predicted octanol–water partition coefficient (Wildman–Crippen LogP) is 1.89. The summed E-state index contributed by atoms with van der Waals surface area (Å²) in [6, 6.07) is 3.55. The van der Waals surface area contributed by atoms with Gasteiger partial charge in [-0.05, 0) is 19.9 Å². The molecule has 1 aromatic rings. The van der Waals surface area contributed by atoms with Crippen LogP contribution in [-0.4, -0.2) is 22.2 Å². The van der Waals surface area contributed by atoms with Gasteiger partial charge in [0.1, 0.15) is 5.75 Å². The molecule has 4 heteroatoms. The van der Waals surface area contributed by atoms with Gasteiger partial charge in [0.15, 0.2) is 0 Å². The van der Waals surface area contributed by atoms with Crippen LogP contribution in [0.5, 0.6) is 5.75 Å². The van der Waals surface area contributed by atoms with Crippen LogP contribution >= 0.6 is 0 Å². The maximum absolute atomic E-state index is 10.4. The molecule has 1 heterocycles. The van der Waals surface area contributed by atoms with E-state index < -0.39 is 5.97 Å². The monoisotopic (exact) mass is 209 g/mol. The molecule has 4 nitrogen and oxygen atoms in total. The number of hydrogen-bond donors (Lipinski definition) is 1. The predicted molar refractivity (Wildman–Crippen MR) is 56.0 cm³/mol. The molecule has 0 radical (unpaired) electrons. The first-order valence-corrected chi connectivity index (χ1v) is 4.91. The van der Waals surface area contributed by atoms with Crippen molar-refractivity contribution in [3.8, 4) is 5.75 Å². The molecule has 0 unspecified atom stereocenters. The van der Waals surface area contributed by atoms with E-state index in [9.17, 15) is 4.79 Å². The zero-order chi connectivity index (χ0) is 11.3. The maximum Gasteiger partial charge on any atom is 0.303 e. The summed E-state index contributed by atoms with van der Waals surface area (Å²) in [7, 11) is 0. The Bertz CT molecular complexity index is 336. The smallest absolute Gasteiger partial charge is 0.303 e. The van der Waals surface area contributed by atoms with E-state index in [1.165, 1.54) is 0 Å². The van der Waals surface area contributed by atoms with E-state index in [1.807, 2.05) is 13.8 Å². The second-order valence-electron chi connectivity index (χ2n) is 3.54. The van der Waals surface area contributed by atoms with Crippen LogP contribution in [-0.2, 0) is 11.2 Å². The van der Waals surface area contributed by atoms with Gasteiger partial charge in [-0.3, -0.25) is 9.78 Å². The summed E-state index contributed by atoms with van der Waals surface area (Å²) in [5.41, 5.74) is 0.746. The van der Waals surface area contributed by atoms with Gasteiger partial charge in [-0.1, -0.05) is 0 Å². The third kappa shape index (κ3) is 4.44. The fourth-order valence-corrected chi connectivity index (χ4v) is 1.17. The normalized spacial score (nSPS) is 10.3. The molecule has 0 aromatic carbocycles. The van der Waals surface area contributed by atoms with E-state index in [1.54, 1.807) is 18.3 Å². The summed E-state index contributed by atoms with van der Waals surface area (Å²) in [4.78, 5) is 14.5. The molecule has 82 valence electrons. The Balaban J connectivity index is 2.61. The summed E-state index contributed by atoms with van der Waals surface area (Å²) in [6.45, 7) is 3.88. The maximum atomic E-state index is 10.4. The van der Waals surface area contributed by atoms with Crippen LogP contribution in [0.3, 0.4) is 0 Å². The van der Waals surface area contributed by atoms with Gasteiger partial charge in [0.2, 0.25) is 0 Å². The lowest BCUT2D eigenvalue weighted by molar-refractivity contribution is -0.136. The number of carbonyl (C=O) groups is 1. The Morgan fingerprint density at radius 3 is 2.93 bits per heavy atom. The van der Waals surface area contributed by atoms with Crippen LogP contribution in [0, 0.1) is 0 Å². The van der Waals surface area contributed by atoms with Crippen molar-refractivity contribution in [2.45, 2.75) is 32.8 Å². The van der Waals surface area contributed by atoms with Gasteiger partial charge < -0.3 is 9.84 Å². The summed E-state index contributed by atoms with van der Waals surface area (Å²) in [5.74, 6) is -0.0765. The molecule has 0 atom stereocenters. The quantitative estimate of drug-likeness (QED) is 0.804. The number of aromatic nitrogens is 1. The summed E-state index contributed by atoms with van der Waals surface area (Å²) in [5, 5.41) is 8.53. The Morgan fingerprint density at radius 1 is 1.60 bits per heavy atom. The lowest BCUT2D eigenvalue weighted by Gasteiger charge is -2.09. The van der Waals surface area contributed by atoms with E-state index >= 15 is 0 Å². The molecule has 0 aliphatic rings. The molecule has 0 bridgehead atoms. The fraction of sp³-hybridized carbons (Fsp3) is 0.455. The molecular weight excluding hydrogens is 194 g/mol. The van der Waals surface area contributed by atoms with Crippen LogP contribution in [0.15, 0.2) is 18.3 Å². The molecule has 0 aliphatic carbocycles. The van der Waals surface area contributed by atoms with Gasteiger partial charge in [0.05, 0.1) is 12.5 Å². The zero-order valence-corrected chi connectivity index (χ0v) is 8.93. The number of carboxylic acid groups (broad SMARTS) is 1. The number of rotatable bonds is 5. The van der Waals surface area contributed by atoms with Crippen LogP contribution in [0.25, 0.3) is 0 Å². The highest BCUT2D eigenvalue weighted by Gasteiger charge is 2.03. The first-order chi connectivity index (χ1) is 7.08. The van der Waals surface area contributed by atoms with Crippen LogP contribution < -0.4 is 4.74 Å². The van der Waals surface area contributed by atoms with Gasteiger partial charge >= 0.3 is 5.97 Å². The van der Waals surface area contributed by atoms with Crippen molar-refractivity contribution < 1.29 is 14.6 Å². The highest BCUT2D eigenvalue weighted by atomic mass is 16.5. The number of ether oxygens (including phenoxy) is 1. The average Bonchev–Trinajstić information content (AvgIpc) is 2.14. The molecule has 0 saturated heterocycles. The van der Waals surface area contributed by atoms with Gasteiger partial charge in [-0.15, -0.1) is 0 Å². The van der Waals surface area contributed by atoms with Crippen LogP contribution in [0.1, 0.15) is 26.0 Å². The minimum Gasteiger partial charge on any atom is -0.491 e. The highest BCUT2D eigenvalue weighted by molar-refractivity contribution is 5.66. The first kappa shape index (κ1) is 11.5. The third-order valence-corrected chi connectivity index (χ3v) is 1.75. The summed E-state index contributed by atoms with van der Waals surface area (Å²) >= 11 is 0. The zero-order valence-electron chi connectivity index (χ0n) is 8.93. The first-order valence-electron chi connectivity index (χ1n) is 4.91. The van der Waals surface area contributed by atoms with E-state index in [0.29, 0.717) is 6.42 Å². The summed E-state index contributed by atoms with van der Waals surface area (Å²) in [6.07, 6.45) is 2.28. The van der Waals surface area contributed by atoms with Crippen molar-refractivity contribution in [1.29, 1.82) is 0 Å². The fourth-order valence-electron chi connectivity index (χ4n) is 1.17. The molecule has 1 aromatic heterocycles. The standard InChI is InChI=1S/C11H15NO3/c1-8(2)15-10-5-6-12-9(7-10)3-4-11(13)14/h5-8H,3-4H2,1-2H3,(H,13,14). The lowest BCUT2D eigenvalue weighted by atomic mass is 10.2. The van der Waals surface area contributed by atoms with Gasteiger partial charge in [0.25, 0.3) is 0 Å². The number of carboxylic acids is 1. The van der Waals surface area contributed by atoms with Crippen molar-refractivity contribution in [3.63, 3.8) is 0 Å². The average molecular weight is 209 g/mol. The largest absolute Gasteiger partial charge is 0.491 e. The molecule has 0 fully saturated rings. The molecule has 0 amide bonds. The van der Waals surface area contributed by atoms with E-state index in [0.717, 1.165) is 11.4 Å². The molecule has 0 spiro atoms. The Hall–Kier alpha value is -1.58. The molecular formula is C11H15NO3. The van der Waals surface area contributed by atoms with Crippen LogP contribution in [0.4, 0.5) is 0 Å². The van der Waals surface area contributed by atoms with Crippen molar-refractivity contribution in [3.05, 3.63) is 24.0 Å². The molecule has 0 saturated carbocycles. The third-order valence-electron chi connectivity index (χ3n) is 1.75. The highest BCUT2D eigenvalue weighted by Crippen LogP contribution is 2.13. The number of aryl methyl sites for hydroxylation is 1. The Kier molecular flexibility index (Phi) is 4.09. The SMILES string of the molecule is CC(C)Oc1ccnc(CCC(=O)O)c1. The number of pyridine rings is 1. The van der Waals surface area contributed by atoms with Crippen molar-refractivity contribution >= 4 is 5.97 Å². The Morgan fingerprint density at radius 2 is 2.33 bits per heavy atom. The summed E-state index contributed by atoms with van der Waals surface area (Å²) < 4.78 is 5.47. The van der Waals surface area contributed by atoms with Gasteiger partial charge in [-0.25, -0.2) is 0 Å². The van der Waals surface area contributed by atoms with Crippen LogP contribution in [0.2, 0.25) is 0 Å². The van der Waals surface area contributed by atoms with Crippen molar-refractivity contribution in [2.24, 2.45) is 0 Å². The second-order valence-corrected chi connectivity index (χ2v) is 3.54. The van der Waals surface area contributed by atoms with Crippen molar-refractivity contribution in [1.82, 2.24) is 4.98 Å². The minimum atomic E-state index is -0.813. The topological polar surface area (TPSA) is 59.4 Å². The minimum absolute atomic E-state index is 0.0954. The van der Waals surface area contributed by atoms with Gasteiger partial charge in [-0.2, -0.15) is 0 Å². The second kappa shape index (κ2) is 5.34. The van der Waals surface area contributed by atoms with E-state index in [-0.39, 0.29) is 12.5 Å². The number of nitrogens with zero attached hydrogens (tertiary/aromatic N) is 1. The van der Waals surface area contributed by atoms with E-state index in [2.05, 4.69) is 4.98 Å². The lowest BCUT2D eigenvalue weighted by Crippen LogP contribution is -2.06. The number of aliphatic carboxylic acids is 1.